The molecule has 0 aromatic rings. The first-order chi connectivity index (χ1) is 11.0. The molecule has 1 saturated heterocycles. The maximum atomic E-state index is 11.9. The van der Waals surface area contributed by atoms with E-state index in [9.17, 15) is 13.2 Å². The molecule has 0 amide bonds. The topological polar surface area (TPSA) is 104 Å². The molecule has 2 saturated carbocycles. The number of rotatable bonds is 3. The summed E-state index contributed by atoms with van der Waals surface area (Å²) in [6, 6.07) is 0.660. The summed E-state index contributed by atoms with van der Waals surface area (Å²) in [5.41, 5.74) is -1.12. The Labute approximate surface area is 145 Å². The SMILES string of the molecule is CC1(C)[C@@H]2CC[C@@]1(CS(=O)(=O)O)C(=O)C2.C[C@@H]1CC[C@@H](CO)CN1. The Hall–Kier alpha value is -0.500. The lowest BCUT2D eigenvalue weighted by molar-refractivity contribution is -0.128. The lowest BCUT2D eigenvalue weighted by atomic mass is 9.70. The predicted molar refractivity (Wildman–Crippen MR) is 92.3 cm³/mol. The van der Waals surface area contributed by atoms with Crippen molar-refractivity contribution in [2.45, 2.75) is 58.9 Å². The van der Waals surface area contributed by atoms with Crippen molar-refractivity contribution in [3.63, 3.8) is 0 Å². The quantitative estimate of drug-likeness (QED) is 0.660. The van der Waals surface area contributed by atoms with Gasteiger partial charge in [0, 0.05) is 25.6 Å². The third kappa shape index (κ3) is 3.84. The maximum Gasteiger partial charge on any atom is 0.265 e. The molecule has 0 aromatic carbocycles. The lowest BCUT2D eigenvalue weighted by Gasteiger charge is -2.35. The molecule has 2 aliphatic carbocycles. The number of nitrogens with one attached hydrogen (secondary N) is 1. The number of carbonyl (C=O) groups is 1. The van der Waals surface area contributed by atoms with E-state index in [4.69, 9.17) is 9.66 Å². The van der Waals surface area contributed by atoms with Crippen molar-refractivity contribution < 1.29 is 22.9 Å². The molecule has 140 valence electrons. The van der Waals surface area contributed by atoms with Gasteiger partial charge in [0.1, 0.15) is 5.78 Å². The molecule has 6 nitrogen and oxygen atoms in total. The molecular formula is C17H31NO5S. The zero-order valence-electron chi connectivity index (χ0n) is 14.9. The van der Waals surface area contributed by atoms with Crippen molar-refractivity contribution in [3.8, 4) is 0 Å². The first-order valence-electron chi connectivity index (χ1n) is 8.84. The number of Topliss-reactive ketones (excluding diaryl/α,β-unsaturated/α-hetero) is 1. The number of ketones is 1. The highest BCUT2D eigenvalue weighted by molar-refractivity contribution is 7.85. The Morgan fingerprint density at radius 2 is 1.92 bits per heavy atom. The van der Waals surface area contributed by atoms with Crippen molar-refractivity contribution in [3.05, 3.63) is 0 Å². The largest absolute Gasteiger partial charge is 0.396 e. The van der Waals surface area contributed by atoms with Gasteiger partial charge in [0.25, 0.3) is 10.1 Å². The van der Waals surface area contributed by atoms with Gasteiger partial charge in [-0.1, -0.05) is 13.8 Å². The van der Waals surface area contributed by atoms with E-state index in [0.29, 0.717) is 31.4 Å². The summed E-state index contributed by atoms with van der Waals surface area (Å²) in [7, 11) is -4.08. The Morgan fingerprint density at radius 1 is 1.25 bits per heavy atom. The smallest absolute Gasteiger partial charge is 0.265 e. The molecule has 4 atom stereocenters. The summed E-state index contributed by atoms with van der Waals surface area (Å²) in [6.45, 7) is 7.42. The fourth-order valence-corrected chi connectivity index (χ4v) is 5.93. The van der Waals surface area contributed by atoms with Gasteiger partial charge in [-0.2, -0.15) is 8.42 Å². The number of carbonyl (C=O) groups excluding carboxylic acids is 1. The Morgan fingerprint density at radius 3 is 2.29 bits per heavy atom. The molecule has 0 aromatic heterocycles. The van der Waals surface area contributed by atoms with E-state index in [2.05, 4.69) is 12.2 Å². The van der Waals surface area contributed by atoms with Crippen LogP contribution in [0.25, 0.3) is 0 Å². The summed E-state index contributed by atoms with van der Waals surface area (Å²) in [6.07, 6.45) is 4.37. The number of piperidine rings is 1. The summed E-state index contributed by atoms with van der Waals surface area (Å²) in [5, 5.41) is 12.1. The van der Waals surface area contributed by atoms with E-state index in [-0.39, 0.29) is 17.1 Å². The fourth-order valence-electron chi connectivity index (χ4n) is 4.63. The van der Waals surface area contributed by atoms with Gasteiger partial charge in [-0.3, -0.25) is 9.35 Å². The van der Waals surface area contributed by atoms with Crippen LogP contribution in [0.1, 0.15) is 52.9 Å². The number of hydrogen-bond acceptors (Lipinski definition) is 5. The Balaban J connectivity index is 0.000000198. The first-order valence-corrected chi connectivity index (χ1v) is 10.5. The second kappa shape index (κ2) is 7.02. The molecule has 3 N–H and O–H groups in total. The van der Waals surface area contributed by atoms with Gasteiger partial charge in [0.15, 0.2) is 0 Å². The summed E-state index contributed by atoms with van der Waals surface area (Å²) < 4.78 is 31.0. The van der Waals surface area contributed by atoms with Gasteiger partial charge in [-0.05, 0) is 49.9 Å². The van der Waals surface area contributed by atoms with E-state index in [1.54, 1.807) is 0 Å². The minimum absolute atomic E-state index is 0.0152. The van der Waals surface area contributed by atoms with Crippen molar-refractivity contribution in [1.29, 1.82) is 0 Å². The van der Waals surface area contributed by atoms with Crippen molar-refractivity contribution in [2.24, 2.45) is 22.7 Å². The van der Waals surface area contributed by atoms with Crippen LogP contribution < -0.4 is 5.32 Å². The molecule has 24 heavy (non-hydrogen) atoms. The lowest BCUT2D eigenvalue weighted by Crippen LogP contribution is -2.42. The molecular weight excluding hydrogens is 330 g/mol. The Bertz CT molecular complexity index is 566. The molecule has 2 bridgehead atoms. The van der Waals surface area contributed by atoms with Crippen LogP contribution >= 0.6 is 0 Å². The molecule has 3 aliphatic rings. The van der Waals surface area contributed by atoms with Crippen molar-refractivity contribution in [1.82, 2.24) is 5.32 Å². The minimum atomic E-state index is -4.08. The first kappa shape index (κ1) is 19.8. The number of hydrogen-bond donors (Lipinski definition) is 3. The third-order valence-corrected chi connectivity index (χ3v) is 7.45. The van der Waals surface area contributed by atoms with Crippen LogP contribution in [0.3, 0.4) is 0 Å². The molecule has 0 spiro atoms. The monoisotopic (exact) mass is 361 g/mol. The highest BCUT2D eigenvalue weighted by Gasteiger charge is 2.65. The van der Waals surface area contributed by atoms with Crippen LogP contribution in [0.5, 0.6) is 0 Å². The molecule has 1 heterocycles. The van der Waals surface area contributed by atoms with E-state index in [1.807, 2.05) is 13.8 Å². The van der Waals surface area contributed by atoms with Crippen molar-refractivity contribution in [2.75, 3.05) is 18.9 Å². The molecule has 3 fully saturated rings. The summed E-state index contributed by atoms with van der Waals surface area (Å²) in [5.74, 6) is 0.414. The second-order valence-corrected chi connectivity index (χ2v) is 9.78. The van der Waals surface area contributed by atoms with Gasteiger partial charge in [0.2, 0.25) is 0 Å². The van der Waals surface area contributed by atoms with Crippen molar-refractivity contribution >= 4 is 15.9 Å². The molecule has 1 aliphatic heterocycles. The molecule has 3 rings (SSSR count). The predicted octanol–water partition coefficient (Wildman–Crippen LogP) is 1.64. The zero-order chi connectivity index (χ0) is 18.2. The van der Waals surface area contributed by atoms with Crippen LogP contribution in [0.4, 0.5) is 0 Å². The summed E-state index contributed by atoms with van der Waals surface area (Å²) >= 11 is 0. The van der Waals surface area contributed by atoms with Crippen LogP contribution in [0.15, 0.2) is 0 Å². The van der Waals surface area contributed by atoms with E-state index < -0.39 is 21.3 Å². The van der Waals surface area contributed by atoms with Crippen LogP contribution in [-0.2, 0) is 14.9 Å². The number of fused-ring (bicyclic) bond motifs is 2. The summed E-state index contributed by atoms with van der Waals surface area (Å²) in [4.78, 5) is 11.9. The van der Waals surface area contributed by atoms with E-state index in [1.165, 1.54) is 12.8 Å². The molecule has 0 unspecified atom stereocenters. The highest BCUT2D eigenvalue weighted by Crippen LogP contribution is 2.64. The van der Waals surface area contributed by atoms with Gasteiger partial charge in [0.05, 0.1) is 11.2 Å². The highest BCUT2D eigenvalue weighted by atomic mass is 32.2. The van der Waals surface area contributed by atoms with Crippen LogP contribution in [0.2, 0.25) is 0 Å². The maximum absolute atomic E-state index is 11.9. The fraction of sp³-hybridized carbons (Fsp3) is 0.941. The molecule has 7 heteroatoms. The zero-order valence-corrected chi connectivity index (χ0v) is 15.7. The average molecular weight is 362 g/mol. The van der Waals surface area contributed by atoms with Crippen LogP contribution in [-0.4, -0.2) is 48.8 Å². The normalized spacial score (nSPS) is 37.9. The van der Waals surface area contributed by atoms with Gasteiger partial charge < -0.3 is 10.4 Å². The minimum Gasteiger partial charge on any atom is -0.396 e. The standard InChI is InChI=1S/C10H16O4S.C7H15NO/c1-9(2)7-3-4-10(9,8(11)5-7)6-15(12,13)14;1-6-2-3-7(5-9)4-8-6/h7H,3-6H2,1-2H3,(H,12,13,14);6-9H,2-5H2,1H3/t7-,10-;6-,7-/m11/s1. The Kier molecular flexibility index (Phi) is 5.79. The van der Waals surface area contributed by atoms with Gasteiger partial charge >= 0.3 is 0 Å². The van der Waals surface area contributed by atoms with Gasteiger partial charge in [-0.15, -0.1) is 0 Å². The third-order valence-electron chi connectivity index (χ3n) is 6.59. The van der Waals surface area contributed by atoms with Gasteiger partial charge in [-0.25, -0.2) is 0 Å². The number of aliphatic hydroxyl groups is 1. The molecule has 0 radical (unpaired) electrons. The second-order valence-electron chi connectivity index (χ2n) is 8.33. The van der Waals surface area contributed by atoms with E-state index in [0.717, 1.165) is 13.0 Å². The van der Waals surface area contributed by atoms with E-state index >= 15 is 0 Å². The van der Waals surface area contributed by atoms with Crippen LogP contribution in [0, 0.1) is 22.7 Å². The average Bonchev–Trinajstić information content (AvgIpc) is 2.81. The number of aliphatic hydroxyl groups excluding tert-OH is 1.